The summed E-state index contributed by atoms with van der Waals surface area (Å²) < 4.78 is 0. The summed E-state index contributed by atoms with van der Waals surface area (Å²) in [6.07, 6.45) is 1.48. The molecule has 0 spiro atoms. The van der Waals surface area contributed by atoms with Gasteiger partial charge in [0.1, 0.15) is 11.6 Å². The van der Waals surface area contributed by atoms with Crippen molar-refractivity contribution in [3.8, 4) is 5.75 Å². The number of hydrogen-bond acceptors (Lipinski definition) is 4. The summed E-state index contributed by atoms with van der Waals surface area (Å²) in [6.45, 7) is 0. The van der Waals surface area contributed by atoms with Crippen molar-refractivity contribution in [1.82, 2.24) is 9.97 Å². The van der Waals surface area contributed by atoms with E-state index in [1.807, 2.05) is 4.98 Å². The molecular weight excluding hydrogens is 222 g/mol. The second kappa shape index (κ2) is 4.48. The predicted molar refractivity (Wildman–Crippen MR) is 63.0 cm³/mol. The predicted octanol–water partition coefficient (Wildman–Crippen LogP) is 0.519. The van der Waals surface area contributed by atoms with E-state index in [2.05, 4.69) is 9.98 Å². The zero-order valence-electron chi connectivity index (χ0n) is 8.68. The number of aliphatic imine (C=N–C) groups is 1. The third-order valence-electron chi connectivity index (χ3n) is 1.99. The first-order chi connectivity index (χ1) is 8.13. The van der Waals surface area contributed by atoms with E-state index >= 15 is 0 Å². The van der Waals surface area contributed by atoms with Crippen molar-refractivity contribution >= 4 is 12.0 Å². The Morgan fingerprint density at radius 2 is 1.82 bits per heavy atom. The zero-order chi connectivity index (χ0) is 12.3. The maximum atomic E-state index is 11.0. The van der Waals surface area contributed by atoms with E-state index in [9.17, 15) is 9.59 Å². The van der Waals surface area contributed by atoms with E-state index in [0.717, 1.165) is 5.56 Å². The second-order valence-corrected chi connectivity index (χ2v) is 3.32. The van der Waals surface area contributed by atoms with Crippen molar-refractivity contribution in [2.24, 2.45) is 4.99 Å². The van der Waals surface area contributed by atoms with Crippen LogP contribution in [0.1, 0.15) is 5.56 Å². The van der Waals surface area contributed by atoms with Gasteiger partial charge >= 0.3 is 5.69 Å². The molecule has 0 saturated heterocycles. The van der Waals surface area contributed by atoms with Gasteiger partial charge in [-0.05, 0) is 29.8 Å². The van der Waals surface area contributed by atoms with Crippen molar-refractivity contribution in [1.29, 1.82) is 0 Å². The summed E-state index contributed by atoms with van der Waals surface area (Å²) in [5.74, 6) is 0.332. The molecular formula is C11H9N3O3. The Balaban J connectivity index is 2.28. The number of H-pyrrole nitrogens is 2. The molecule has 2 aromatic rings. The van der Waals surface area contributed by atoms with Crippen LogP contribution >= 0.6 is 0 Å². The van der Waals surface area contributed by atoms with Crippen molar-refractivity contribution in [3.05, 3.63) is 56.7 Å². The van der Waals surface area contributed by atoms with Crippen LogP contribution < -0.4 is 11.2 Å². The standard InChI is InChI=1S/C11H9N3O3/c15-8-3-1-7(2-4-8)6-12-9-5-10(16)14-11(17)13-9/h1-6,15H,(H2,13,14,16,17). The van der Waals surface area contributed by atoms with Crippen molar-refractivity contribution < 1.29 is 5.11 Å². The van der Waals surface area contributed by atoms with Crippen LogP contribution in [0, 0.1) is 0 Å². The lowest BCUT2D eigenvalue weighted by atomic mass is 10.2. The highest BCUT2D eigenvalue weighted by Gasteiger charge is 1.93. The van der Waals surface area contributed by atoms with Gasteiger partial charge in [0.05, 0.1) is 0 Å². The van der Waals surface area contributed by atoms with Crippen LogP contribution in [0.5, 0.6) is 5.75 Å². The molecule has 0 aliphatic rings. The average Bonchev–Trinajstić information content (AvgIpc) is 2.27. The summed E-state index contributed by atoms with van der Waals surface area (Å²) in [6, 6.07) is 7.52. The number of phenolic OH excluding ortho intramolecular Hbond substituents is 1. The molecule has 0 radical (unpaired) electrons. The van der Waals surface area contributed by atoms with Gasteiger partial charge in [-0.2, -0.15) is 0 Å². The van der Waals surface area contributed by atoms with E-state index in [1.165, 1.54) is 24.4 Å². The number of aromatic amines is 2. The van der Waals surface area contributed by atoms with Gasteiger partial charge in [-0.3, -0.25) is 14.8 Å². The molecule has 3 N–H and O–H groups in total. The average molecular weight is 231 g/mol. The monoisotopic (exact) mass is 231 g/mol. The highest BCUT2D eigenvalue weighted by Crippen LogP contribution is 2.08. The minimum absolute atomic E-state index is 0.159. The molecule has 86 valence electrons. The number of hydrogen-bond donors (Lipinski definition) is 3. The molecule has 0 amide bonds. The lowest BCUT2D eigenvalue weighted by Crippen LogP contribution is -2.20. The van der Waals surface area contributed by atoms with Crippen LogP contribution in [0.25, 0.3) is 0 Å². The fourth-order valence-electron chi connectivity index (χ4n) is 1.23. The molecule has 0 saturated carbocycles. The molecule has 0 aliphatic carbocycles. The van der Waals surface area contributed by atoms with Crippen LogP contribution in [0.15, 0.2) is 44.9 Å². The Morgan fingerprint density at radius 3 is 2.47 bits per heavy atom. The van der Waals surface area contributed by atoms with Gasteiger partial charge < -0.3 is 5.11 Å². The number of aromatic hydroxyl groups is 1. The quantitative estimate of drug-likeness (QED) is 0.657. The van der Waals surface area contributed by atoms with E-state index < -0.39 is 11.2 Å². The molecule has 6 nitrogen and oxygen atoms in total. The second-order valence-electron chi connectivity index (χ2n) is 3.32. The van der Waals surface area contributed by atoms with Crippen LogP contribution in [0.4, 0.5) is 5.82 Å². The molecule has 6 heteroatoms. The van der Waals surface area contributed by atoms with Gasteiger partial charge in [-0.15, -0.1) is 0 Å². The van der Waals surface area contributed by atoms with Crippen molar-refractivity contribution in [2.75, 3.05) is 0 Å². The molecule has 0 bridgehead atoms. The van der Waals surface area contributed by atoms with Crippen molar-refractivity contribution in [3.63, 3.8) is 0 Å². The Labute approximate surface area is 95.3 Å². The highest BCUT2D eigenvalue weighted by atomic mass is 16.3. The van der Waals surface area contributed by atoms with E-state index in [4.69, 9.17) is 5.11 Å². The van der Waals surface area contributed by atoms with E-state index in [-0.39, 0.29) is 11.6 Å². The lowest BCUT2D eigenvalue weighted by molar-refractivity contribution is 0.475. The first-order valence-corrected chi connectivity index (χ1v) is 4.80. The summed E-state index contributed by atoms with van der Waals surface area (Å²) >= 11 is 0. The maximum absolute atomic E-state index is 11.0. The first-order valence-electron chi connectivity index (χ1n) is 4.80. The Hall–Kier alpha value is -2.63. The molecule has 2 rings (SSSR count). The van der Waals surface area contributed by atoms with E-state index in [0.29, 0.717) is 0 Å². The normalized spacial score (nSPS) is 10.8. The van der Waals surface area contributed by atoms with Gasteiger partial charge in [0.15, 0.2) is 0 Å². The summed E-state index contributed by atoms with van der Waals surface area (Å²) in [7, 11) is 0. The molecule has 17 heavy (non-hydrogen) atoms. The lowest BCUT2D eigenvalue weighted by Gasteiger charge is -1.94. The summed E-state index contributed by atoms with van der Waals surface area (Å²) in [5, 5.41) is 9.08. The molecule has 0 fully saturated rings. The summed E-state index contributed by atoms with van der Waals surface area (Å²) in [4.78, 5) is 30.3. The number of benzene rings is 1. The van der Waals surface area contributed by atoms with E-state index in [1.54, 1.807) is 12.1 Å². The number of nitrogens with one attached hydrogen (secondary N) is 2. The third-order valence-corrected chi connectivity index (χ3v) is 1.99. The number of rotatable bonds is 2. The topological polar surface area (TPSA) is 98.3 Å². The number of phenols is 1. The molecule has 0 atom stereocenters. The largest absolute Gasteiger partial charge is 0.508 e. The molecule has 1 aromatic heterocycles. The maximum Gasteiger partial charge on any atom is 0.327 e. The fraction of sp³-hybridized carbons (Fsp3) is 0. The SMILES string of the molecule is O=c1cc(N=Cc2ccc(O)cc2)[nH]c(=O)[nH]1. The highest BCUT2D eigenvalue weighted by molar-refractivity contribution is 5.81. The first kappa shape index (κ1) is 10.9. The molecule has 1 heterocycles. The smallest absolute Gasteiger partial charge is 0.327 e. The number of nitrogens with zero attached hydrogens (tertiary/aromatic N) is 1. The number of aromatic nitrogens is 2. The molecule has 0 unspecified atom stereocenters. The zero-order valence-corrected chi connectivity index (χ0v) is 8.68. The van der Waals surface area contributed by atoms with Gasteiger partial charge in [-0.25, -0.2) is 9.79 Å². The minimum Gasteiger partial charge on any atom is -0.508 e. The fourth-order valence-corrected chi connectivity index (χ4v) is 1.23. The Morgan fingerprint density at radius 1 is 1.12 bits per heavy atom. The van der Waals surface area contributed by atoms with Crippen LogP contribution in [0.3, 0.4) is 0 Å². The van der Waals surface area contributed by atoms with Gasteiger partial charge in [-0.1, -0.05) is 0 Å². The minimum atomic E-state index is -0.602. The Kier molecular flexibility index (Phi) is 2.87. The van der Waals surface area contributed by atoms with Crippen LogP contribution in [-0.4, -0.2) is 21.3 Å². The summed E-state index contributed by atoms with van der Waals surface area (Å²) in [5.41, 5.74) is -0.370. The Bertz CT molecular complexity index is 624. The molecule has 0 aliphatic heterocycles. The van der Waals surface area contributed by atoms with Crippen molar-refractivity contribution in [2.45, 2.75) is 0 Å². The van der Waals surface area contributed by atoms with Gasteiger partial charge in [0.25, 0.3) is 5.56 Å². The van der Waals surface area contributed by atoms with Gasteiger partial charge in [0, 0.05) is 12.3 Å². The molecule has 1 aromatic carbocycles. The van der Waals surface area contributed by atoms with Gasteiger partial charge in [0.2, 0.25) is 0 Å². The third kappa shape index (κ3) is 2.91. The van der Waals surface area contributed by atoms with Crippen LogP contribution in [0.2, 0.25) is 0 Å². The van der Waals surface area contributed by atoms with Crippen LogP contribution in [-0.2, 0) is 0 Å².